The fraction of sp³-hybridized carbons (Fsp3) is 0.600. The van der Waals surface area contributed by atoms with Crippen LogP contribution in [0.4, 0.5) is 0 Å². The van der Waals surface area contributed by atoms with E-state index in [4.69, 9.17) is 13.1 Å². The summed E-state index contributed by atoms with van der Waals surface area (Å²) < 4.78 is 66.3. The number of ether oxygens (including phenoxy) is 1. The molecule has 0 amide bonds. The number of nitriles is 1. The Kier molecular flexibility index (Phi) is 8.79. The van der Waals surface area contributed by atoms with Gasteiger partial charge < -0.3 is 9.30 Å². The van der Waals surface area contributed by atoms with Crippen LogP contribution in [0.25, 0.3) is 22.3 Å². The summed E-state index contributed by atoms with van der Waals surface area (Å²) >= 11 is 0. The van der Waals surface area contributed by atoms with Gasteiger partial charge in [-0.2, -0.15) is 27.2 Å². The zero-order valence-electron chi connectivity index (χ0n) is 23.9. The first kappa shape index (κ1) is 31.3. The first-order valence-corrected chi connectivity index (χ1v) is 20.4. The van der Waals surface area contributed by atoms with Crippen LogP contribution < -0.4 is 0 Å². The van der Waals surface area contributed by atoms with Crippen LogP contribution in [0.3, 0.4) is 0 Å². The van der Waals surface area contributed by atoms with Gasteiger partial charge in [-0.1, -0.05) is 19.6 Å². The van der Waals surface area contributed by atoms with E-state index in [1.165, 1.54) is 6.33 Å². The first-order chi connectivity index (χ1) is 19.0. The van der Waals surface area contributed by atoms with E-state index in [9.17, 15) is 22.1 Å². The molecule has 0 aromatic carbocycles. The Balaban J connectivity index is 1.57. The van der Waals surface area contributed by atoms with Crippen molar-refractivity contribution in [2.75, 3.05) is 32.3 Å². The van der Waals surface area contributed by atoms with Gasteiger partial charge in [-0.05, 0) is 25.0 Å². The highest BCUT2D eigenvalue weighted by molar-refractivity contribution is 7.86. The maximum absolute atomic E-state index is 11.7. The molecule has 0 N–H and O–H groups in total. The Morgan fingerprint density at radius 1 is 1.07 bits per heavy atom. The van der Waals surface area contributed by atoms with E-state index < -0.39 is 39.3 Å². The number of hydrogen-bond donors (Lipinski definition) is 0. The minimum absolute atomic E-state index is 0.0674. The van der Waals surface area contributed by atoms with Gasteiger partial charge >= 0.3 is 0 Å². The molecule has 3 aromatic rings. The normalized spacial score (nSPS) is 16.9. The van der Waals surface area contributed by atoms with Crippen molar-refractivity contribution in [1.82, 2.24) is 24.3 Å². The third-order valence-electron chi connectivity index (χ3n) is 7.10. The largest absolute Gasteiger partial charge is 0.361 e. The average Bonchev–Trinajstić information content (AvgIpc) is 3.49. The van der Waals surface area contributed by atoms with Gasteiger partial charge in [0.25, 0.3) is 20.2 Å². The highest BCUT2D eigenvalue weighted by Crippen LogP contribution is 2.55. The number of aromatic nitrogens is 5. The topological polar surface area (TPSA) is 168 Å². The van der Waals surface area contributed by atoms with Crippen molar-refractivity contribution in [1.29, 1.82) is 5.26 Å². The van der Waals surface area contributed by atoms with Crippen LogP contribution in [0, 0.1) is 16.7 Å². The predicted octanol–water partition coefficient (Wildman–Crippen LogP) is 2.95. The second-order valence-corrected chi connectivity index (χ2v) is 21.0. The number of rotatable bonds is 14. The van der Waals surface area contributed by atoms with Gasteiger partial charge in [-0.3, -0.25) is 13.0 Å². The van der Waals surface area contributed by atoms with Gasteiger partial charge in [-0.15, -0.1) is 0 Å². The Bertz CT molecular complexity index is 1610. The van der Waals surface area contributed by atoms with Crippen LogP contribution in [0.1, 0.15) is 19.3 Å². The lowest BCUT2D eigenvalue weighted by Crippen LogP contribution is -2.57. The monoisotopic (exact) mass is 624 g/mol. The molecule has 13 nitrogen and oxygen atoms in total. The lowest BCUT2D eigenvalue weighted by atomic mass is 9.57. The number of hydrogen-bond acceptors (Lipinski definition) is 11. The molecular weight excluding hydrogens is 589 g/mol. The maximum atomic E-state index is 11.7. The van der Waals surface area contributed by atoms with E-state index in [1.54, 1.807) is 17.1 Å². The Hall–Kier alpha value is -2.68. The predicted molar refractivity (Wildman–Crippen MR) is 154 cm³/mol. The Morgan fingerprint density at radius 3 is 2.32 bits per heavy atom. The summed E-state index contributed by atoms with van der Waals surface area (Å²) in [5, 5.41) is 15.0. The molecule has 3 heterocycles. The molecular formula is C25H36N6O7S2Si. The molecule has 3 aromatic heterocycles. The van der Waals surface area contributed by atoms with Gasteiger partial charge in [0.05, 0.1) is 55.6 Å². The van der Waals surface area contributed by atoms with Crippen LogP contribution in [0.5, 0.6) is 0 Å². The van der Waals surface area contributed by atoms with Gasteiger partial charge in [0.15, 0.2) is 0 Å². The summed E-state index contributed by atoms with van der Waals surface area (Å²) in [7, 11) is -8.76. The number of fused-ring (bicyclic) bond motifs is 1. The van der Waals surface area contributed by atoms with Crippen molar-refractivity contribution in [2.45, 2.75) is 57.2 Å². The average molecular weight is 625 g/mol. The smallest absolute Gasteiger partial charge is 0.264 e. The molecule has 0 aliphatic heterocycles. The zero-order valence-corrected chi connectivity index (χ0v) is 26.5. The van der Waals surface area contributed by atoms with E-state index in [-0.39, 0.29) is 32.5 Å². The minimum atomic E-state index is -3.78. The summed E-state index contributed by atoms with van der Waals surface area (Å²) in [5.74, 6) is 0. The highest BCUT2D eigenvalue weighted by Gasteiger charge is 2.57. The molecule has 16 heteroatoms. The zero-order chi connectivity index (χ0) is 30.1. The summed E-state index contributed by atoms with van der Waals surface area (Å²) in [6.45, 7) is 7.43. The first-order valence-electron chi connectivity index (χ1n) is 13.0. The van der Waals surface area contributed by atoms with Gasteiger partial charge in [-0.25, -0.2) is 9.97 Å². The summed E-state index contributed by atoms with van der Waals surface area (Å²) in [5.41, 5.74) is 0.354. The van der Waals surface area contributed by atoms with Gasteiger partial charge in [0.2, 0.25) is 0 Å². The lowest BCUT2D eigenvalue weighted by Gasteiger charge is -2.54. The third kappa shape index (κ3) is 7.79. The molecule has 0 radical (unpaired) electrons. The van der Waals surface area contributed by atoms with Crippen LogP contribution >= 0.6 is 0 Å². The Morgan fingerprint density at radius 2 is 1.73 bits per heavy atom. The van der Waals surface area contributed by atoms with E-state index in [0.29, 0.717) is 24.6 Å². The van der Waals surface area contributed by atoms with Crippen molar-refractivity contribution >= 4 is 39.3 Å². The summed E-state index contributed by atoms with van der Waals surface area (Å²) in [6, 6.07) is 5.18. The third-order valence-corrected chi connectivity index (χ3v) is 9.90. The van der Waals surface area contributed by atoms with Crippen LogP contribution in [0.15, 0.2) is 31.0 Å². The molecule has 224 valence electrons. The molecule has 0 spiro atoms. The second-order valence-electron chi connectivity index (χ2n) is 12.1. The maximum Gasteiger partial charge on any atom is 0.264 e. The fourth-order valence-corrected chi connectivity index (χ4v) is 6.84. The standard InChI is InChI=1S/C25H36N6O7S2Si/c1-39(32,33)37-16-24(17-38-40(2,34)35)14-25(15-24,7-8-26)31-13-20(12-29-31)22-21-6-9-30(23(21)28-18-27-22)19-36-10-11-41(3,4)5/h6,9,12-13,18H,7,10-11,14-17,19H2,1-5H3. The lowest BCUT2D eigenvalue weighted by molar-refractivity contribution is -0.0860. The molecule has 0 atom stereocenters. The highest BCUT2D eigenvalue weighted by atomic mass is 32.2. The molecule has 4 rings (SSSR count). The summed E-state index contributed by atoms with van der Waals surface area (Å²) in [6.07, 6.45) is 9.21. The van der Waals surface area contributed by atoms with Crippen molar-refractivity contribution < 1.29 is 29.9 Å². The molecule has 0 unspecified atom stereocenters. The van der Waals surface area contributed by atoms with Crippen molar-refractivity contribution in [3.05, 3.63) is 31.0 Å². The number of nitrogens with zero attached hydrogens (tertiary/aromatic N) is 6. The molecule has 41 heavy (non-hydrogen) atoms. The molecule has 0 saturated heterocycles. The molecule has 1 saturated carbocycles. The minimum Gasteiger partial charge on any atom is -0.361 e. The molecule has 0 bridgehead atoms. The van der Waals surface area contributed by atoms with E-state index in [0.717, 1.165) is 29.6 Å². The van der Waals surface area contributed by atoms with Crippen LogP contribution in [-0.4, -0.2) is 81.6 Å². The van der Waals surface area contributed by atoms with E-state index in [2.05, 4.69) is 40.8 Å². The van der Waals surface area contributed by atoms with Crippen molar-refractivity contribution in [3.63, 3.8) is 0 Å². The van der Waals surface area contributed by atoms with Crippen LogP contribution in [0.2, 0.25) is 25.7 Å². The summed E-state index contributed by atoms with van der Waals surface area (Å²) in [4.78, 5) is 8.95. The van der Waals surface area contributed by atoms with Gasteiger partial charge in [0.1, 0.15) is 18.7 Å². The molecule has 1 aliphatic carbocycles. The fourth-order valence-electron chi connectivity index (χ4n) is 5.15. The second kappa shape index (κ2) is 11.5. The molecule has 1 fully saturated rings. The van der Waals surface area contributed by atoms with Crippen molar-refractivity contribution in [3.8, 4) is 17.3 Å². The van der Waals surface area contributed by atoms with Crippen LogP contribution in [-0.2, 0) is 45.6 Å². The van der Waals surface area contributed by atoms with E-state index in [1.807, 2.05) is 16.8 Å². The van der Waals surface area contributed by atoms with Gasteiger partial charge in [0, 0.05) is 43.4 Å². The van der Waals surface area contributed by atoms with Crippen molar-refractivity contribution in [2.24, 2.45) is 5.41 Å². The Labute approximate surface area is 241 Å². The quantitative estimate of drug-likeness (QED) is 0.147. The van der Waals surface area contributed by atoms with E-state index >= 15 is 0 Å². The SMILES string of the molecule is C[Si](C)(C)CCOCn1ccc2c(-c3cnn(C4(CC#N)CC(COS(C)(=O)=O)(COS(C)(=O)=O)C4)c3)ncnc21. The molecule has 1 aliphatic rings.